The lowest BCUT2D eigenvalue weighted by Crippen LogP contribution is -2.36. The minimum Gasteiger partial charge on any atom is -0.364 e. The SMILES string of the molecule is CCNC(=NCc1cccc(N2CC=CC2)c1)NCc1ccc(C)s1. The topological polar surface area (TPSA) is 39.7 Å². The molecule has 0 aliphatic carbocycles. The van der Waals surface area contributed by atoms with Crippen LogP contribution in [0.3, 0.4) is 0 Å². The van der Waals surface area contributed by atoms with Crippen LogP contribution in [0.1, 0.15) is 22.2 Å². The van der Waals surface area contributed by atoms with E-state index in [2.05, 4.69) is 77.9 Å². The quantitative estimate of drug-likeness (QED) is 0.472. The minimum atomic E-state index is 0.675. The van der Waals surface area contributed by atoms with Gasteiger partial charge in [0.25, 0.3) is 0 Å². The van der Waals surface area contributed by atoms with E-state index in [1.807, 2.05) is 11.3 Å². The van der Waals surface area contributed by atoms with Crippen LogP contribution < -0.4 is 15.5 Å². The number of anilines is 1. The van der Waals surface area contributed by atoms with Crippen LogP contribution in [0.4, 0.5) is 5.69 Å². The summed E-state index contributed by atoms with van der Waals surface area (Å²) in [7, 11) is 0. The van der Waals surface area contributed by atoms with Crippen LogP contribution >= 0.6 is 11.3 Å². The van der Waals surface area contributed by atoms with Crippen molar-refractivity contribution in [2.24, 2.45) is 4.99 Å². The molecule has 1 aliphatic heterocycles. The van der Waals surface area contributed by atoms with Gasteiger partial charge in [0.15, 0.2) is 5.96 Å². The van der Waals surface area contributed by atoms with Crippen LogP contribution in [0.25, 0.3) is 0 Å². The summed E-state index contributed by atoms with van der Waals surface area (Å²) >= 11 is 1.82. The van der Waals surface area contributed by atoms with Gasteiger partial charge in [-0.3, -0.25) is 0 Å². The fourth-order valence-electron chi connectivity index (χ4n) is 2.80. The second-order valence-electron chi connectivity index (χ2n) is 6.11. The zero-order valence-corrected chi connectivity index (χ0v) is 15.8. The number of nitrogens with zero attached hydrogens (tertiary/aromatic N) is 2. The third kappa shape index (κ3) is 5.10. The summed E-state index contributed by atoms with van der Waals surface area (Å²) in [6.07, 6.45) is 4.43. The standard InChI is InChI=1S/C20H26N4S/c1-3-21-20(23-15-19-10-9-16(2)25-19)22-14-17-7-6-8-18(13-17)24-11-4-5-12-24/h4-10,13H,3,11-12,14-15H2,1-2H3,(H2,21,22,23). The number of rotatable bonds is 6. The summed E-state index contributed by atoms with van der Waals surface area (Å²) in [6.45, 7) is 8.56. The Balaban J connectivity index is 1.61. The molecule has 0 bridgehead atoms. The van der Waals surface area contributed by atoms with Gasteiger partial charge in [-0.05, 0) is 43.7 Å². The number of hydrogen-bond acceptors (Lipinski definition) is 3. The Hall–Kier alpha value is -2.27. The third-order valence-corrected chi connectivity index (χ3v) is 5.08. The normalized spacial score (nSPS) is 14.2. The van der Waals surface area contributed by atoms with E-state index in [1.165, 1.54) is 21.0 Å². The highest BCUT2D eigenvalue weighted by Gasteiger charge is 2.08. The van der Waals surface area contributed by atoms with E-state index in [0.29, 0.717) is 6.54 Å². The van der Waals surface area contributed by atoms with E-state index in [0.717, 1.165) is 32.1 Å². The molecule has 132 valence electrons. The van der Waals surface area contributed by atoms with Crippen molar-refractivity contribution < 1.29 is 0 Å². The number of hydrogen-bond donors (Lipinski definition) is 2. The molecular formula is C20H26N4S. The Kier molecular flexibility index (Phi) is 6.12. The second-order valence-corrected chi connectivity index (χ2v) is 7.48. The van der Waals surface area contributed by atoms with Crippen molar-refractivity contribution >= 4 is 23.0 Å². The van der Waals surface area contributed by atoms with Crippen LogP contribution in [0.5, 0.6) is 0 Å². The van der Waals surface area contributed by atoms with E-state index in [-0.39, 0.29) is 0 Å². The zero-order chi connectivity index (χ0) is 17.5. The average Bonchev–Trinajstić information content (AvgIpc) is 3.29. The first-order valence-electron chi connectivity index (χ1n) is 8.81. The van der Waals surface area contributed by atoms with Gasteiger partial charge in [-0.15, -0.1) is 11.3 Å². The van der Waals surface area contributed by atoms with Crippen molar-refractivity contribution in [3.63, 3.8) is 0 Å². The fraction of sp³-hybridized carbons (Fsp3) is 0.350. The molecule has 2 heterocycles. The van der Waals surface area contributed by atoms with E-state index >= 15 is 0 Å². The number of aryl methyl sites for hydroxylation is 1. The minimum absolute atomic E-state index is 0.675. The maximum absolute atomic E-state index is 4.74. The molecule has 0 unspecified atom stereocenters. The first kappa shape index (κ1) is 17.5. The van der Waals surface area contributed by atoms with Gasteiger partial charge in [0.2, 0.25) is 0 Å². The van der Waals surface area contributed by atoms with Crippen LogP contribution in [-0.2, 0) is 13.1 Å². The molecule has 5 heteroatoms. The fourth-order valence-corrected chi connectivity index (χ4v) is 3.63. The summed E-state index contributed by atoms with van der Waals surface area (Å²) < 4.78 is 0. The van der Waals surface area contributed by atoms with Crippen LogP contribution in [0, 0.1) is 6.92 Å². The van der Waals surface area contributed by atoms with Gasteiger partial charge in [0, 0.05) is 35.1 Å². The van der Waals surface area contributed by atoms with Crippen LogP contribution in [0.2, 0.25) is 0 Å². The molecule has 1 aliphatic rings. The lowest BCUT2D eigenvalue weighted by atomic mass is 10.2. The van der Waals surface area contributed by atoms with E-state index < -0.39 is 0 Å². The van der Waals surface area contributed by atoms with Crippen LogP contribution in [-0.4, -0.2) is 25.6 Å². The Morgan fingerprint density at radius 1 is 1.16 bits per heavy atom. The van der Waals surface area contributed by atoms with Crippen molar-refractivity contribution in [1.82, 2.24) is 10.6 Å². The van der Waals surface area contributed by atoms with Gasteiger partial charge < -0.3 is 15.5 Å². The van der Waals surface area contributed by atoms with Crippen molar-refractivity contribution in [3.05, 3.63) is 63.9 Å². The smallest absolute Gasteiger partial charge is 0.191 e. The molecule has 0 amide bonds. The Morgan fingerprint density at radius 3 is 2.72 bits per heavy atom. The number of benzene rings is 1. The maximum Gasteiger partial charge on any atom is 0.191 e. The molecule has 4 nitrogen and oxygen atoms in total. The van der Waals surface area contributed by atoms with Crippen molar-refractivity contribution in [2.75, 3.05) is 24.5 Å². The third-order valence-electron chi connectivity index (χ3n) is 4.08. The summed E-state index contributed by atoms with van der Waals surface area (Å²) in [6, 6.07) is 13.0. The first-order chi connectivity index (χ1) is 12.2. The molecule has 0 fully saturated rings. The highest BCUT2D eigenvalue weighted by Crippen LogP contribution is 2.19. The van der Waals surface area contributed by atoms with Gasteiger partial charge in [0.05, 0.1) is 13.1 Å². The molecule has 2 N–H and O–H groups in total. The number of aliphatic imine (C=N–C) groups is 1. The van der Waals surface area contributed by atoms with Crippen LogP contribution in [0.15, 0.2) is 53.5 Å². The molecule has 0 radical (unpaired) electrons. The summed E-state index contributed by atoms with van der Waals surface area (Å²) in [4.78, 5) is 9.76. The van der Waals surface area contributed by atoms with Crippen molar-refractivity contribution in [3.8, 4) is 0 Å². The van der Waals surface area contributed by atoms with Gasteiger partial charge in [-0.25, -0.2) is 4.99 Å². The summed E-state index contributed by atoms with van der Waals surface area (Å²) in [5.41, 5.74) is 2.50. The van der Waals surface area contributed by atoms with E-state index in [9.17, 15) is 0 Å². The number of thiophene rings is 1. The summed E-state index contributed by atoms with van der Waals surface area (Å²) in [5, 5.41) is 6.74. The molecule has 0 atom stereocenters. The first-order valence-corrected chi connectivity index (χ1v) is 9.62. The molecule has 1 aromatic carbocycles. The molecule has 1 aromatic heterocycles. The average molecular weight is 355 g/mol. The van der Waals surface area contributed by atoms with E-state index in [4.69, 9.17) is 4.99 Å². The van der Waals surface area contributed by atoms with E-state index in [1.54, 1.807) is 0 Å². The summed E-state index contributed by atoms with van der Waals surface area (Å²) in [5.74, 6) is 0.863. The lowest BCUT2D eigenvalue weighted by Gasteiger charge is -2.18. The Labute approximate surface area is 154 Å². The number of nitrogens with one attached hydrogen (secondary N) is 2. The van der Waals surface area contributed by atoms with Gasteiger partial charge in [-0.2, -0.15) is 0 Å². The zero-order valence-electron chi connectivity index (χ0n) is 15.0. The lowest BCUT2D eigenvalue weighted by molar-refractivity contribution is 0.823. The Morgan fingerprint density at radius 2 is 2.00 bits per heavy atom. The molecule has 0 saturated carbocycles. The van der Waals surface area contributed by atoms with Gasteiger partial charge >= 0.3 is 0 Å². The monoisotopic (exact) mass is 354 g/mol. The Bertz CT molecular complexity index is 740. The molecule has 25 heavy (non-hydrogen) atoms. The molecule has 3 rings (SSSR count). The molecule has 0 spiro atoms. The second kappa shape index (κ2) is 8.72. The highest BCUT2D eigenvalue weighted by molar-refractivity contribution is 7.11. The molecule has 0 saturated heterocycles. The predicted octanol–water partition coefficient (Wildman–Crippen LogP) is 3.69. The molecular weight excluding hydrogens is 328 g/mol. The highest BCUT2D eigenvalue weighted by atomic mass is 32.1. The predicted molar refractivity (Wildman–Crippen MR) is 109 cm³/mol. The largest absolute Gasteiger partial charge is 0.364 e. The van der Waals surface area contributed by atoms with Crippen molar-refractivity contribution in [1.29, 1.82) is 0 Å². The van der Waals surface area contributed by atoms with Crippen molar-refractivity contribution in [2.45, 2.75) is 26.9 Å². The van der Waals surface area contributed by atoms with Gasteiger partial charge in [0.1, 0.15) is 0 Å². The maximum atomic E-state index is 4.74. The van der Waals surface area contributed by atoms with Gasteiger partial charge in [-0.1, -0.05) is 24.3 Å². The molecule has 2 aromatic rings. The number of guanidine groups is 1.